The van der Waals surface area contributed by atoms with Crippen molar-refractivity contribution in [3.63, 3.8) is 0 Å². The van der Waals surface area contributed by atoms with E-state index in [-0.39, 0.29) is 16.9 Å². The predicted molar refractivity (Wildman–Crippen MR) is 76.5 cm³/mol. The van der Waals surface area contributed by atoms with Crippen molar-refractivity contribution in [3.05, 3.63) is 34.6 Å². The van der Waals surface area contributed by atoms with Crippen LogP contribution in [-0.2, 0) is 0 Å². The number of hydrogen-bond acceptors (Lipinski definition) is 2. The fourth-order valence-corrected chi connectivity index (χ4v) is 3.56. The van der Waals surface area contributed by atoms with E-state index in [0.717, 1.165) is 45.4 Å². The molecule has 1 spiro atoms. The molecule has 1 aromatic carbocycles. The van der Waals surface area contributed by atoms with Gasteiger partial charge in [0, 0.05) is 25.0 Å². The molecule has 1 aromatic rings. The molecule has 3 nitrogen and oxygen atoms in total. The molecule has 0 aliphatic carbocycles. The summed E-state index contributed by atoms with van der Waals surface area (Å²) < 4.78 is 13.3. The highest BCUT2D eigenvalue weighted by Gasteiger charge is 2.39. The Morgan fingerprint density at radius 2 is 2.25 bits per heavy atom. The van der Waals surface area contributed by atoms with Gasteiger partial charge in [-0.15, -0.1) is 0 Å². The lowest BCUT2D eigenvalue weighted by molar-refractivity contribution is 0.0553. The normalized spacial score (nSPS) is 26.2. The molecule has 0 aromatic heterocycles. The van der Waals surface area contributed by atoms with Crippen LogP contribution in [0.3, 0.4) is 0 Å². The summed E-state index contributed by atoms with van der Waals surface area (Å²) in [4.78, 5) is 14.4. The number of nitrogens with one attached hydrogen (secondary N) is 1. The minimum Gasteiger partial charge on any atom is -0.338 e. The third kappa shape index (κ3) is 2.54. The van der Waals surface area contributed by atoms with Crippen LogP contribution in [0, 0.1) is 11.2 Å². The van der Waals surface area contributed by atoms with Crippen LogP contribution in [0.1, 0.15) is 29.6 Å². The summed E-state index contributed by atoms with van der Waals surface area (Å²) in [6.45, 7) is 3.45. The first-order chi connectivity index (χ1) is 9.60. The minimum atomic E-state index is -0.424. The molecule has 0 bridgehead atoms. The van der Waals surface area contributed by atoms with Crippen LogP contribution >= 0.6 is 11.6 Å². The molecule has 0 saturated carbocycles. The number of halogens is 2. The number of nitrogens with zero attached hydrogens (tertiary/aromatic N) is 1. The number of carbonyl (C=O) groups is 1. The van der Waals surface area contributed by atoms with E-state index in [4.69, 9.17) is 11.6 Å². The Morgan fingerprint density at radius 3 is 3.00 bits per heavy atom. The van der Waals surface area contributed by atoms with Gasteiger partial charge in [0.2, 0.25) is 0 Å². The lowest BCUT2D eigenvalue weighted by Crippen LogP contribution is -2.47. The zero-order valence-corrected chi connectivity index (χ0v) is 12.0. The average Bonchev–Trinajstić information content (AvgIpc) is 2.88. The molecule has 3 rings (SSSR count). The van der Waals surface area contributed by atoms with Gasteiger partial charge < -0.3 is 10.2 Å². The van der Waals surface area contributed by atoms with Gasteiger partial charge in [0.25, 0.3) is 5.91 Å². The van der Waals surface area contributed by atoms with Crippen LogP contribution in [0.4, 0.5) is 4.39 Å². The SMILES string of the molecule is O=C(c1cc(F)ccc1Cl)N1CCC[C@@]2(CCNC2)C1. The second-order valence-corrected chi connectivity index (χ2v) is 6.29. The summed E-state index contributed by atoms with van der Waals surface area (Å²) in [5.41, 5.74) is 0.475. The molecule has 0 radical (unpaired) electrons. The van der Waals surface area contributed by atoms with E-state index in [1.165, 1.54) is 18.2 Å². The van der Waals surface area contributed by atoms with Crippen LogP contribution in [0.5, 0.6) is 0 Å². The standard InChI is InChI=1S/C15H18ClFN2O/c16-13-3-2-11(17)8-12(13)14(20)19-7-1-4-15(10-19)5-6-18-9-15/h2-3,8,18H,1,4-7,9-10H2/t15-/m0/s1. The average molecular weight is 297 g/mol. The summed E-state index contributed by atoms with van der Waals surface area (Å²) in [5.74, 6) is -0.576. The van der Waals surface area contributed by atoms with Crippen molar-refractivity contribution in [1.82, 2.24) is 10.2 Å². The first-order valence-electron chi connectivity index (χ1n) is 7.05. The fraction of sp³-hybridized carbons (Fsp3) is 0.533. The Hall–Kier alpha value is -1.13. The fourth-order valence-electron chi connectivity index (χ4n) is 3.36. The highest BCUT2D eigenvalue weighted by molar-refractivity contribution is 6.33. The highest BCUT2D eigenvalue weighted by atomic mass is 35.5. The van der Waals surface area contributed by atoms with E-state index in [1.807, 2.05) is 4.90 Å². The first-order valence-corrected chi connectivity index (χ1v) is 7.43. The molecule has 108 valence electrons. The Morgan fingerprint density at radius 1 is 1.40 bits per heavy atom. The zero-order valence-electron chi connectivity index (χ0n) is 11.3. The van der Waals surface area contributed by atoms with E-state index < -0.39 is 5.82 Å². The summed E-state index contributed by atoms with van der Waals surface area (Å²) in [7, 11) is 0. The monoisotopic (exact) mass is 296 g/mol. The van der Waals surface area contributed by atoms with E-state index in [0.29, 0.717) is 5.02 Å². The summed E-state index contributed by atoms with van der Waals surface area (Å²) in [6.07, 6.45) is 3.26. The maximum Gasteiger partial charge on any atom is 0.255 e. The molecule has 2 heterocycles. The van der Waals surface area contributed by atoms with Crippen LogP contribution < -0.4 is 5.32 Å². The number of piperidine rings is 1. The number of benzene rings is 1. The Balaban J connectivity index is 1.81. The molecular formula is C15H18ClFN2O. The summed E-state index contributed by atoms with van der Waals surface area (Å²) >= 11 is 6.03. The number of amides is 1. The molecule has 5 heteroatoms. The molecule has 2 saturated heterocycles. The second-order valence-electron chi connectivity index (χ2n) is 5.88. The van der Waals surface area contributed by atoms with Gasteiger partial charge in [-0.3, -0.25) is 4.79 Å². The molecular weight excluding hydrogens is 279 g/mol. The van der Waals surface area contributed by atoms with Crippen molar-refractivity contribution >= 4 is 17.5 Å². The maximum atomic E-state index is 13.3. The quantitative estimate of drug-likeness (QED) is 0.864. The molecule has 1 N–H and O–H groups in total. The molecule has 2 aliphatic rings. The number of carbonyl (C=O) groups excluding carboxylic acids is 1. The van der Waals surface area contributed by atoms with E-state index in [9.17, 15) is 9.18 Å². The van der Waals surface area contributed by atoms with Crippen molar-refractivity contribution in [2.24, 2.45) is 5.41 Å². The molecule has 2 fully saturated rings. The van der Waals surface area contributed by atoms with Gasteiger partial charge in [0.1, 0.15) is 5.82 Å². The molecule has 20 heavy (non-hydrogen) atoms. The zero-order chi connectivity index (χ0) is 14.2. The van der Waals surface area contributed by atoms with Gasteiger partial charge in [0.15, 0.2) is 0 Å². The van der Waals surface area contributed by atoms with Crippen LogP contribution in [-0.4, -0.2) is 37.0 Å². The van der Waals surface area contributed by atoms with Gasteiger partial charge in [-0.05, 0) is 44.0 Å². The molecule has 2 aliphatic heterocycles. The van der Waals surface area contributed by atoms with Crippen molar-refractivity contribution in [2.75, 3.05) is 26.2 Å². The smallest absolute Gasteiger partial charge is 0.255 e. The number of rotatable bonds is 1. The van der Waals surface area contributed by atoms with E-state index >= 15 is 0 Å². The topological polar surface area (TPSA) is 32.3 Å². The van der Waals surface area contributed by atoms with Crippen LogP contribution in [0.15, 0.2) is 18.2 Å². The maximum absolute atomic E-state index is 13.3. The Bertz CT molecular complexity index is 529. The van der Waals surface area contributed by atoms with Gasteiger partial charge in [-0.2, -0.15) is 0 Å². The van der Waals surface area contributed by atoms with Gasteiger partial charge in [-0.1, -0.05) is 11.6 Å². The van der Waals surface area contributed by atoms with Gasteiger partial charge in [-0.25, -0.2) is 4.39 Å². The number of likely N-dealkylation sites (tertiary alicyclic amines) is 1. The highest BCUT2D eigenvalue weighted by Crippen LogP contribution is 2.36. The second kappa shape index (κ2) is 5.34. The van der Waals surface area contributed by atoms with Crippen LogP contribution in [0.25, 0.3) is 0 Å². The van der Waals surface area contributed by atoms with E-state index in [1.54, 1.807) is 0 Å². The van der Waals surface area contributed by atoms with Crippen molar-refractivity contribution < 1.29 is 9.18 Å². The lowest BCUT2D eigenvalue weighted by atomic mass is 9.79. The third-order valence-corrected chi connectivity index (χ3v) is 4.77. The molecule has 1 amide bonds. The predicted octanol–water partition coefficient (Wildman–Crippen LogP) is 2.69. The van der Waals surface area contributed by atoms with Crippen LogP contribution in [0.2, 0.25) is 5.02 Å². The van der Waals surface area contributed by atoms with Crippen molar-refractivity contribution in [3.8, 4) is 0 Å². The Labute approximate surface area is 123 Å². The minimum absolute atomic E-state index is 0.152. The Kier molecular flexibility index (Phi) is 3.69. The summed E-state index contributed by atoms with van der Waals surface area (Å²) in [5, 5.41) is 3.70. The van der Waals surface area contributed by atoms with Crippen molar-refractivity contribution in [2.45, 2.75) is 19.3 Å². The van der Waals surface area contributed by atoms with Crippen molar-refractivity contribution in [1.29, 1.82) is 0 Å². The number of hydrogen-bond donors (Lipinski definition) is 1. The van der Waals surface area contributed by atoms with Gasteiger partial charge in [0.05, 0.1) is 10.6 Å². The van der Waals surface area contributed by atoms with Gasteiger partial charge >= 0.3 is 0 Å². The largest absolute Gasteiger partial charge is 0.338 e. The third-order valence-electron chi connectivity index (χ3n) is 4.44. The van der Waals surface area contributed by atoms with E-state index in [2.05, 4.69) is 5.32 Å². The molecule has 0 unspecified atom stereocenters. The summed E-state index contributed by atoms with van der Waals surface area (Å²) in [6, 6.07) is 3.96. The first kappa shape index (κ1) is 13.8. The molecule has 1 atom stereocenters. The lowest BCUT2D eigenvalue weighted by Gasteiger charge is -2.40.